The molecule has 11 aromatic carbocycles. The van der Waals surface area contributed by atoms with E-state index in [-0.39, 0.29) is 0 Å². The van der Waals surface area contributed by atoms with E-state index in [1.807, 2.05) is 24.3 Å². The van der Waals surface area contributed by atoms with Crippen molar-refractivity contribution in [2.45, 2.75) is 5.41 Å². The fourth-order valence-corrected chi connectivity index (χ4v) is 10.8. The molecule has 1 aromatic heterocycles. The Hall–Kier alpha value is -9.05. The van der Waals surface area contributed by atoms with E-state index < -0.39 is 5.41 Å². The quantitative estimate of drug-likeness (QED) is 0.143. The van der Waals surface area contributed by atoms with E-state index in [9.17, 15) is 0 Å². The predicted molar refractivity (Wildman–Crippen MR) is 285 cm³/mol. The van der Waals surface area contributed by atoms with E-state index in [2.05, 4.69) is 237 Å². The second-order valence-electron chi connectivity index (χ2n) is 17.9. The number of hydrogen-bond donors (Lipinski definition) is 0. The smallest absolute Gasteiger partial charge is 0.164 e. The summed E-state index contributed by atoms with van der Waals surface area (Å²) in [6.07, 6.45) is 0. The van der Waals surface area contributed by atoms with Gasteiger partial charge in [0.05, 0.1) is 5.41 Å². The Morgan fingerprint density at radius 2 is 0.623 bits per heavy atom. The van der Waals surface area contributed by atoms with Crippen molar-refractivity contribution >= 4 is 21.5 Å². The fourth-order valence-electron chi connectivity index (χ4n) is 10.8. The predicted octanol–water partition coefficient (Wildman–Crippen LogP) is 16.5. The van der Waals surface area contributed by atoms with Crippen LogP contribution in [-0.4, -0.2) is 15.0 Å². The molecule has 0 aliphatic heterocycles. The molecule has 0 spiro atoms. The van der Waals surface area contributed by atoms with E-state index >= 15 is 0 Å². The molecule has 1 aliphatic rings. The number of benzene rings is 11. The molecule has 1 atom stereocenters. The number of rotatable bonds is 8. The van der Waals surface area contributed by atoms with Crippen molar-refractivity contribution in [1.29, 1.82) is 0 Å². The average Bonchev–Trinajstić information content (AvgIpc) is 3.76. The molecule has 3 nitrogen and oxygen atoms in total. The van der Waals surface area contributed by atoms with Crippen LogP contribution < -0.4 is 0 Å². The van der Waals surface area contributed by atoms with Crippen molar-refractivity contribution < 1.29 is 0 Å². The highest BCUT2D eigenvalue weighted by molar-refractivity contribution is 6.19. The molecular formula is C66H43N3. The number of fused-ring (bicyclic) bond motifs is 8. The molecule has 0 N–H and O–H groups in total. The first kappa shape index (κ1) is 40.2. The normalized spacial score (nSPS) is 13.9. The molecule has 0 fully saturated rings. The lowest BCUT2D eigenvalue weighted by molar-refractivity contribution is 0.776. The van der Waals surface area contributed by atoms with Crippen LogP contribution in [0.15, 0.2) is 261 Å². The minimum atomic E-state index is -0.558. The van der Waals surface area contributed by atoms with Crippen LogP contribution in [0.2, 0.25) is 0 Å². The molecule has 322 valence electrons. The van der Waals surface area contributed by atoms with Gasteiger partial charge in [-0.3, -0.25) is 0 Å². The van der Waals surface area contributed by atoms with Crippen LogP contribution in [-0.2, 0) is 5.41 Å². The van der Waals surface area contributed by atoms with E-state index in [4.69, 9.17) is 15.0 Å². The van der Waals surface area contributed by atoms with Crippen molar-refractivity contribution in [2.75, 3.05) is 0 Å². The molecule has 0 amide bonds. The third-order valence-corrected chi connectivity index (χ3v) is 14.0. The van der Waals surface area contributed by atoms with Crippen LogP contribution in [0.3, 0.4) is 0 Å². The van der Waals surface area contributed by atoms with Gasteiger partial charge in [-0.25, -0.2) is 15.0 Å². The highest BCUT2D eigenvalue weighted by Gasteiger charge is 2.47. The zero-order chi connectivity index (χ0) is 45.7. The van der Waals surface area contributed by atoms with Gasteiger partial charge < -0.3 is 0 Å². The van der Waals surface area contributed by atoms with Crippen molar-refractivity contribution in [3.63, 3.8) is 0 Å². The second-order valence-corrected chi connectivity index (χ2v) is 17.9. The van der Waals surface area contributed by atoms with Gasteiger partial charge in [-0.2, -0.15) is 0 Å². The zero-order valence-electron chi connectivity index (χ0n) is 37.7. The Kier molecular flexibility index (Phi) is 9.73. The lowest BCUT2D eigenvalue weighted by Gasteiger charge is -2.35. The zero-order valence-corrected chi connectivity index (χ0v) is 37.7. The first-order valence-electron chi connectivity index (χ1n) is 23.6. The fraction of sp³-hybridized carbons (Fsp3) is 0.0152. The van der Waals surface area contributed by atoms with Crippen molar-refractivity contribution in [1.82, 2.24) is 15.0 Å². The summed E-state index contributed by atoms with van der Waals surface area (Å²) in [7, 11) is 0. The Balaban J connectivity index is 0.898. The van der Waals surface area contributed by atoms with Crippen LogP contribution in [0.25, 0.3) is 100 Å². The minimum Gasteiger partial charge on any atom is -0.208 e. The molecule has 3 heteroatoms. The molecule has 69 heavy (non-hydrogen) atoms. The van der Waals surface area contributed by atoms with Gasteiger partial charge in [0.1, 0.15) is 0 Å². The van der Waals surface area contributed by atoms with Crippen LogP contribution in [0.5, 0.6) is 0 Å². The summed E-state index contributed by atoms with van der Waals surface area (Å²) in [4.78, 5) is 15.3. The van der Waals surface area contributed by atoms with Gasteiger partial charge in [-0.05, 0) is 94.4 Å². The molecule has 1 unspecified atom stereocenters. The first-order valence-corrected chi connectivity index (χ1v) is 23.6. The van der Waals surface area contributed by atoms with E-state index in [1.165, 1.54) is 66.1 Å². The maximum absolute atomic E-state index is 5.16. The monoisotopic (exact) mass is 877 g/mol. The van der Waals surface area contributed by atoms with Gasteiger partial charge in [0, 0.05) is 16.7 Å². The first-order chi connectivity index (χ1) is 34.2. The van der Waals surface area contributed by atoms with Gasteiger partial charge in [-0.1, -0.05) is 255 Å². The lowest BCUT2D eigenvalue weighted by atomic mass is 9.66. The van der Waals surface area contributed by atoms with E-state index in [0.29, 0.717) is 17.5 Å². The number of nitrogens with zero attached hydrogens (tertiary/aromatic N) is 3. The SMILES string of the molecule is c1ccc(-c2ccc(-c3ccc(-c4nc(-c5ccccc5)nc(-c5cccc(-c6ccc(C7(c8ccccc8)c8ccccc8-c8c7c7ccccc7c7ccccc87)cc6)c5)n4)cc3)cc2)cc1. The van der Waals surface area contributed by atoms with Crippen molar-refractivity contribution in [3.8, 4) is 78.7 Å². The molecule has 1 aliphatic carbocycles. The van der Waals surface area contributed by atoms with Crippen LogP contribution in [0.1, 0.15) is 22.3 Å². The summed E-state index contributed by atoms with van der Waals surface area (Å²) in [5.74, 6) is 1.89. The average molecular weight is 878 g/mol. The Bertz CT molecular complexity index is 3850. The lowest BCUT2D eigenvalue weighted by Crippen LogP contribution is -2.28. The Morgan fingerprint density at radius 1 is 0.246 bits per heavy atom. The van der Waals surface area contributed by atoms with Crippen LogP contribution in [0, 0.1) is 0 Å². The van der Waals surface area contributed by atoms with Gasteiger partial charge in [-0.15, -0.1) is 0 Å². The summed E-state index contributed by atoms with van der Waals surface area (Å²) in [5.41, 5.74) is 16.8. The summed E-state index contributed by atoms with van der Waals surface area (Å²) >= 11 is 0. The summed E-state index contributed by atoms with van der Waals surface area (Å²) in [6.45, 7) is 0. The molecule has 0 saturated heterocycles. The third kappa shape index (κ3) is 6.78. The summed E-state index contributed by atoms with van der Waals surface area (Å²) < 4.78 is 0. The number of hydrogen-bond acceptors (Lipinski definition) is 3. The van der Waals surface area contributed by atoms with E-state index in [0.717, 1.165) is 38.9 Å². The Labute approximate surface area is 401 Å². The van der Waals surface area contributed by atoms with Crippen LogP contribution >= 0.6 is 0 Å². The molecule has 13 rings (SSSR count). The number of aromatic nitrogens is 3. The molecule has 0 radical (unpaired) electrons. The minimum absolute atomic E-state index is 0.558. The largest absolute Gasteiger partial charge is 0.208 e. The molecule has 0 saturated carbocycles. The summed E-state index contributed by atoms with van der Waals surface area (Å²) in [6, 6.07) is 93.8. The van der Waals surface area contributed by atoms with Gasteiger partial charge in [0.25, 0.3) is 0 Å². The van der Waals surface area contributed by atoms with Gasteiger partial charge >= 0.3 is 0 Å². The maximum atomic E-state index is 5.16. The Morgan fingerprint density at radius 3 is 1.25 bits per heavy atom. The highest BCUT2D eigenvalue weighted by Crippen LogP contribution is 2.60. The van der Waals surface area contributed by atoms with Gasteiger partial charge in [0.15, 0.2) is 17.5 Å². The third-order valence-electron chi connectivity index (χ3n) is 14.0. The van der Waals surface area contributed by atoms with Gasteiger partial charge in [0.2, 0.25) is 0 Å². The highest BCUT2D eigenvalue weighted by atomic mass is 15.0. The van der Waals surface area contributed by atoms with E-state index in [1.54, 1.807) is 0 Å². The topological polar surface area (TPSA) is 38.7 Å². The van der Waals surface area contributed by atoms with Crippen molar-refractivity contribution in [2.24, 2.45) is 0 Å². The van der Waals surface area contributed by atoms with Crippen molar-refractivity contribution in [3.05, 3.63) is 283 Å². The summed E-state index contributed by atoms with van der Waals surface area (Å²) in [5, 5.41) is 5.11. The molecule has 12 aromatic rings. The second kappa shape index (κ2) is 16.7. The van der Waals surface area contributed by atoms with Crippen LogP contribution in [0.4, 0.5) is 0 Å². The standard InChI is InChI=1S/C66H43N3/c1-4-17-44(18-5-1)45-31-33-46(34-32-45)47-35-37-50(38-36-47)64-67-63(49-19-6-2-7-20-49)68-65(69-64)52-22-16-21-51(43-52)48-39-41-54(42-40-48)66(53-23-8-3-9-24-53)60-30-15-14-29-59(60)61-57-27-12-10-25-55(57)56-26-11-13-28-58(56)62(61)66/h1-43H. The molecular weight excluding hydrogens is 835 g/mol. The molecule has 1 heterocycles. The molecule has 0 bridgehead atoms. The maximum Gasteiger partial charge on any atom is 0.164 e.